The van der Waals surface area contributed by atoms with Crippen LogP contribution in [0.1, 0.15) is 12.5 Å². The van der Waals surface area contributed by atoms with Crippen molar-refractivity contribution in [3.63, 3.8) is 0 Å². The normalized spacial score (nSPS) is 27.3. The standard InChI is InChI=1S/C22H30N2O5/c1-4-10-24(11-5-2)12-9-15-13-23-16-7-6-8-17(18(15)16)29-22-21(27)20(26)19(25)14(3)28-22/h4-8,13-14,19-23,25-27H,1-2,9-12H2,3H3. The zero-order valence-corrected chi connectivity index (χ0v) is 16.7. The van der Waals surface area contributed by atoms with Crippen molar-refractivity contribution in [2.24, 2.45) is 0 Å². The Kier molecular flexibility index (Phi) is 7.10. The molecule has 2 heterocycles. The summed E-state index contributed by atoms with van der Waals surface area (Å²) in [4.78, 5) is 5.49. The van der Waals surface area contributed by atoms with Gasteiger partial charge in [-0.2, -0.15) is 0 Å². The van der Waals surface area contributed by atoms with Crippen molar-refractivity contribution >= 4 is 10.9 Å². The maximum atomic E-state index is 10.3. The summed E-state index contributed by atoms with van der Waals surface area (Å²) in [7, 11) is 0. The molecular formula is C22H30N2O5. The van der Waals surface area contributed by atoms with Gasteiger partial charge in [-0.1, -0.05) is 18.2 Å². The summed E-state index contributed by atoms with van der Waals surface area (Å²) in [5.74, 6) is 0.553. The Bertz CT molecular complexity index is 826. The summed E-state index contributed by atoms with van der Waals surface area (Å²) in [6, 6.07) is 5.61. The minimum absolute atomic E-state index is 0.553. The van der Waals surface area contributed by atoms with Crippen molar-refractivity contribution in [3.05, 3.63) is 55.3 Å². The first-order valence-corrected chi connectivity index (χ1v) is 9.85. The third-order valence-electron chi connectivity index (χ3n) is 5.27. The summed E-state index contributed by atoms with van der Waals surface area (Å²) in [6.45, 7) is 11.6. The Hall–Kier alpha value is -2.16. The van der Waals surface area contributed by atoms with Crippen LogP contribution < -0.4 is 4.74 Å². The highest BCUT2D eigenvalue weighted by Crippen LogP contribution is 2.32. The molecule has 1 saturated heterocycles. The zero-order valence-electron chi connectivity index (χ0n) is 16.7. The third kappa shape index (κ3) is 4.71. The lowest BCUT2D eigenvalue weighted by molar-refractivity contribution is -0.267. The van der Waals surface area contributed by atoms with E-state index >= 15 is 0 Å². The summed E-state index contributed by atoms with van der Waals surface area (Å²) < 4.78 is 11.6. The van der Waals surface area contributed by atoms with E-state index in [9.17, 15) is 15.3 Å². The Morgan fingerprint density at radius 1 is 1.14 bits per heavy atom. The van der Waals surface area contributed by atoms with Crippen molar-refractivity contribution in [2.75, 3.05) is 19.6 Å². The SMILES string of the molecule is C=CCN(CC=C)CCc1c[nH]c2cccc(OC3OC(C)C(O)C(O)C3O)c12. The maximum Gasteiger partial charge on any atom is 0.229 e. The molecule has 0 aliphatic carbocycles. The number of fused-ring (bicyclic) bond motifs is 1. The van der Waals surface area contributed by atoms with Crippen molar-refractivity contribution in [1.82, 2.24) is 9.88 Å². The molecule has 5 unspecified atom stereocenters. The van der Waals surface area contributed by atoms with Crippen LogP contribution in [0.15, 0.2) is 49.7 Å². The number of hydrogen-bond acceptors (Lipinski definition) is 6. The summed E-state index contributed by atoms with van der Waals surface area (Å²) in [5, 5.41) is 31.1. The third-order valence-corrected chi connectivity index (χ3v) is 5.27. The van der Waals surface area contributed by atoms with Gasteiger partial charge in [0.05, 0.1) is 6.10 Å². The van der Waals surface area contributed by atoms with Crippen LogP contribution >= 0.6 is 0 Å². The monoisotopic (exact) mass is 402 g/mol. The molecule has 158 valence electrons. The molecule has 0 spiro atoms. The molecule has 1 aromatic carbocycles. The summed E-state index contributed by atoms with van der Waals surface area (Å²) >= 11 is 0. The molecule has 1 aliphatic rings. The van der Waals surface area contributed by atoms with Gasteiger partial charge in [-0.15, -0.1) is 13.2 Å². The Morgan fingerprint density at radius 3 is 2.55 bits per heavy atom. The number of aromatic nitrogens is 1. The molecule has 0 amide bonds. The fourth-order valence-corrected chi connectivity index (χ4v) is 3.65. The van der Waals surface area contributed by atoms with E-state index < -0.39 is 30.7 Å². The van der Waals surface area contributed by atoms with E-state index in [0.717, 1.165) is 42.5 Å². The number of hydrogen-bond donors (Lipinski definition) is 4. The zero-order chi connectivity index (χ0) is 21.0. The molecular weight excluding hydrogens is 372 g/mol. The van der Waals surface area contributed by atoms with Crippen LogP contribution in [0.3, 0.4) is 0 Å². The van der Waals surface area contributed by atoms with E-state index in [1.807, 2.05) is 36.5 Å². The lowest BCUT2D eigenvalue weighted by atomic mass is 10.00. The molecule has 1 aromatic heterocycles. The van der Waals surface area contributed by atoms with Gasteiger partial charge >= 0.3 is 0 Å². The number of aliphatic hydroxyl groups is 3. The van der Waals surface area contributed by atoms with Gasteiger partial charge in [0.15, 0.2) is 0 Å². The molecule has 2 aromatic rings. The fraction of sp³-hybridized carbons (Fsp3) is 0.455. The number of ether oxygens (including phenoxy) is 2. The number of H-pyrrole nitrogens is 1. The highest BCUT2D eigenvalue weighted by atomic mass is 16.7. The van der Waals surface area contributed by atoms with Crippen LogP contribution in [0.5, 0.6) is 5.75 Å². The predicted octanol–water partition coefficient (Wildman–Crippen LogP) is 1.59. The Labute approximate surface area is 170 Å². The number of aromatic amines is 1. The molecule has 5 atom stereocenters. The molecule has 0 radical (unpaired) electrons. The van der Waals surface area contributed by atoms with Crippen molar-refractivity contribution in [3.8, 4) is 5.75 Å². The molecule has 1 fully saturated rings. The van der Waals surface area contributed by atoms with E-state index in [1.165, 1.54) is 0 Å². The number of nitrogens with zero attached hydrogens (tertiary/aromatic N) is 1. The molecule has 7 heteroatoms. The highest BCUT2D eigenvalue weighted by molar-refractivity contribution is 5.89. The number of aliphatic hydroxyl groups excluding tert-OH is 3. The Morgan fingerprint density at radius 2 is 1.86 bits per heavy atom. The quantitative estimate of drug-likeness (QED) is 0.476. The average Bonchev–Trinajstić information content (AvgIpc) is 3.13. The lowest BCUT2D eigenvalue weighted by Crippen LogP contribution is -2.58. The number of rotatable bonds is 9. The van der Waals surface area contributed by atoms with Gasteiger partial charge < -0.3 is 29.8 Å². The van der Waals surface area contributed by atoms with Gasteiger partial charge in [0, 0.05) is 36.7 Å². The maximum absolute atomic E-state index is 10.3. The van der Waals surface area contributed by atoms with Gasteiger partial charge in [-0.05, 0) is 31.0 Å². The van der Waals surface area contributed by atoms with Crippen molar-refractivity contribution in [1.29, 1.82) is 0 Å². The first kappa shape index (κ1) is 21.5. The minimum Gasteiger partial charge on any atom is -0.461 e. The lowest BCUT2D eigenvalue weighted by Gasteiger charge is -2.39. The Balaban J connectivity index is 1.81. The molecule has 4 N–H and O–H groups in total. The van der Waals surface area contributed by atoms with Crippen molar-refractivity contribution in [2.45, 2.75) is 44.1 Å². The predicted molar refractivity (Wildman–Crippen MR) is 112 cm³/mol. The van der Waals surface area contributed by atoms with Crippen LogP contribution in [0.2, 0.25) is 0 Å². The molecule has 0 saturated carbocycles. The van der Waals surface area contributed by atoms with Crippen LogP contribution in [-0.2, 0) is 11.2 Å². The average molecular weight is 402 g/mol. The first-order chi connectivity index (χ1) is 14.0. The second-order valence-corrected chi connectivity index (χ2v) is 7.38. The van der Waals surface area contributed by atoms with Gasteiger partial charge in [-0.25, -0.2) is 0 Å². The van der Waals surface area contributed by atoms with Crippen LogP contribution in [0, 0.1) is 0 Å². The van der Waals surface area contributed by atoms with Gasteiger partial charge in [-0.3, -0.25) is 4.90 Å². The smallest absolute Gasteiger partial charge is 0.229 e. The molecule has 0 bridgehead atoms. The highest BCUT2D eigenvalue weighted by Gasteiger charge is 2.43. The van der Waals surface area contributed by atoms with E-state index in [1.54, 1.807) is 6.92 Å². The summed E-state index contributed by atoms with van der Waals surface area (Å²) in [6.07, 6.45) is 0.902. The second kappa shape index (κ2) is 9.56. The van der Waals surface area contributed by atoms with Gasteiger partial charge in [0.1, 0.15) is 24.1 Å². The van der Waals surface area contributed by atoms with Crippen LogP contribution in [0.4, 0.5) is 0 Å². The molecule has 7 nitrogen and oxygen atoms in total. The van der Waals surface area contributed by atoms with E-state index in [-0.39, 0.29) is 0 Å². The minimum atomic E-state index is -1.35. The van der Waals surface area contributed by atoms with Crippen LogP contribution in [-0.4, -0.2) is 75.5 Å². The second-order valence-electron chi connectivity index (χ2n) is 7.38. The first-order valence-electron chi connectivity index (χ1n) is 9.85. The van der Waals surface area contributed by atoms with Crippen LogP contribution in [0.25, 0.3) is 10.9 Å². The summed E-state index contributed by atoms with van der Waals surface area (Å²) in [5.41, 5.74) is 1.99. The largest absolute Gasteiger partial charge is 0.461 e. The van der Waals surface area contributed by atoms with E-state index in [4.69, 9.17) is 9.47 Å². The molecule has 3 rings (SSSR count). The van der Waals surface area contributed by atoms with E-state index in [0.29, 0.717) is 5.75 Å². The fourth-order valence-electron chi connectivity index (χ4n) is 3.65. The number of benzene rings is 1. The topological polar surface area (TPSA) is 98.2 Å². The number of nitrogens with one attached hydrogen (secondary N) is 1. The molecule has 29 heavy (non-hydrogen) atoms. The van der Waals surface area contributed by atoms with Crippen molar-refractivity contribution < 1.29 is 24.8 Å². The van der Waals surface area contributed by atoms with Gasteiger partial charge in [0.2, 0.25) is 6.29 Å². The van der Waals surface area contributed by atoms with Gasteiger partial charge in [0.25, 0.3) is 0 Å². The molecule has 1 aliphatic heterocycles. The van der Waals surface area contributed by atoms with E-state index in [2.05, 4.69) is 23.0 Å².